The number of carbonyl (C=O) groups is 1. The third kappa shape index (κ3) is 4.62. The fourth-order valence-corrected chi connectivity index (χ4v) is 1.92. The molecule has 3 nitrogen and oxygen atoms in total. The van der Waals surface area contributed by atoms with Crippen LogP contribution in [0.5, 0.6) is 0 Å². The molecule has 0 aliphatic carbocycles. The second-order valence-corrected chi connectivity index (χ2v) is 5.14. The molecule has 1 aliphatic heterocycles. The van der Waals surface area contributed by atoms with Gasteiger partial charge in [0.15, 0.2) is 0 Å². The van der Waals surface area contributed by atoms with Gasteiger partial charge in [-0.1, -0.05) is 6.92 Å². The van der Waals surface area contributed by atoms with Crippen LogP contribution in [-0.2, 0) is 4.79 Å². The summed E-state index contributed by atoms with van der Waals surface area (Å²) in [5, 5.41) is 6.51. The van der Waals surface area contributed by atoms with Crippen LogP contribution in [0.4, 0.5) is 0 Å². The summed E-state index contributed by atoms with van der Waals surface area (Å²) in [6, 6.07) is 0.360. The Bertz CT molecular complexity index is 204. The topological polar surface area (TPSA) is 41.1 Å². The zero-order valence-electron chi connectivity index (χ0n) is 9.58. The highest BCUT2D eigenvalue weighted by Crippen LogP contribution is 2.12. The second-order valence-electron chi connectivity index (χ2n) is 3.96. The lowest BCUT2D eigenvalue weighted by Gasteiger charge is -2.30. The van der Waals surface area contributed by atoms with E-state index in [4.69, 9.17) is 0 Å². The Kier molecular flexibility index (Phi) is 7.40. The molecule has 0 spiro atoms. The molecule has 1 amide bonds. The third-order valence-corrected chi connectivity index (χ3v) is 3.76. The summed E-state index contributed by atoms with van der Waals surface area (Å²) in [6.45, 7) is 6.16. The molecule has 1 aliphatic rings. The van der Waals surface area contributed by atoms with Crippen molar-refractivity contribution in [3.63, 3.8) is 0 Å². The maximum Gasteiger partial charge on any atom is 0.233 e. The Morgan fingerprint density at radius 2 is 2.27 bits per heavy atom. The van der Waals surface area contributed by atoms with Crippen molar-refractivity contribution in [2.75, 3.05) is 19.3 Å². The van der Waals surface area contributed by atoms with Gasteiger partial charge in [0.2, 0.25) is 5.91 Å². The maximum atomic E-state index is 11.6. The molecule has 0 saturated carbocycles. The van der Waals surface area contributed by atoms with Gasteiger partial charge < -0.3 is 10.6 Å². The van der Waals surface area contributed by atoms with Crippen molar-refractivity contribution in [2.45, 2.75) is 31.6 Å². The molecule has 0 bridgehead atoms. The van der Waals surface area contributed by atoms with Crippen molar-refractivity contribution in [2.24, 2.45) is 5.92 Å². The van der Waals surface area contributed by atoms with E-state index in [-0.39, 0.29) is 23.6 Å². The van der Waals surface area contributed by atoms with Crippen molar-refractivity contribution in [3.8, 4) is 0 Å². The third-order valence-electron chi connectivity index (χ3n) is 2.84. The number of amides is 1. The first-order valence-corrected chi connectivity index (χ1v) is 6.47. The Morgan fingerprint density at radius 3 is 2.80 bits per heavy atom. The van der Waals surface area contributed by atoms with Gasteiger partial charge in [0.25, 0.3) is 0 Å². The first kappa shape index (κ1) is 15.1. The van der Waals surface area contributed by atoms with E-state index in [1.807, 2.05) is 13.2 Å². The number of thioether (sulfide) groups is 1. The van der Waals surface area contributed by atoms with Crippen LogP contribution in [0.3, 0.4) is 0 Å². The van der Waals surface area contributed by atoms with Crippen molar-refractivity contribution in [1.29, 1.82) is 0 Å². The molecule has 0 aromatic rings. The van der Waals surface area contributed by atoms with Gasteiger partial charge in [-0.05, 0) is 38.6 Å². The van der Waals surface area contributed by atoms with Gasteiger partial charge >= 0.3 is 0 Å². The van der Waals surface area contributed by atoms with E-state index in [1.54, 1.807) is 11.8 Å². The lowest BCUT2D eigenvalue weighted by atomic mass is 9.95. The van der Waals surface area contributed by atoms with Crippen LogP contribution in [0.15, 0.2) is 0 Å². The van der Waals surface area contributed by atoms with Gasteiger partial charge in [0, 0.05) is 6.04 Å². The summed E-state index contributed by atoms with van der Waals surface area (Å²) in [5.41, 5.74) is 0. The molecule has 0 aromatic carbocycles. The molecule has 0 aromatic heterocycles. The molecule has 0 radical (unpaired) electrons. The van der Waals surface area contributed by atoms with Gasteiger partial charge in [0.05, 0.1) is 5.25 Å². The normalized spacial score (nSPS) is 27.7. The van der Waals surface area contributed by atoms with Crippen molar-refractivity contribution >= 4 is 30.1 Å². The molecule has 3 unspecified atom stereocenters. The van der Waals surface area contributed by atoms with E-state index in [1.165, 1.54) is 0 Å². The minimum atomic E-state index is 0. The maximum absolute atomic E-state index is 11.6. The first-order valence-electron chi connectivity index (χ1n) is 5.19. The summed E-state index contributed by atoms with van der Waals surface area (Å²) in [6.07, 6.45) is 3.02. The van der Waals surface area contributed by atoms with Crippen molar-refractivity contribution in [3.05, 3.63) is 0 Å². The van der Waals surface area contributed by atoms with Gasteiger partial charge in [-0.15, -0.1) is 12.4 Å². The van der Waals surface area contributed by atoms with Crippen molar-refractivity contribution < 1.29 is 4.79 Å². The number of hydrogen-bond acceptors (Lipinski definition) is 3. The SMILES string of the molecule is CSC(C)C(=O)NC1CCNCC1C.Cl. The zero-order chi connectivity index (χ0) is 10.6. The molecular formula is C10H21ClN2OS. The fraction of sp³-hybridized carbons (Fsp3) is 0.900. The second kappa shape index (κ2) is 7.36. The molecule has 90 valence electrons. The van der Waals surface area contributed by atoms with E-state index in [9.17, 15) is 4.79 Å². The number of hydrogen-bond donors (Lipinski definition) is 2. The number of carbonyl (C=O) groups excluding carboxylic acids is 1. The Labute approximate surface area is 103 Å². The zero-order valence-corrected chi connectivity index (χ0v) is 11.2. The summed E-state index contributed by atoms with van der Waals surface area (Å²) in [5.74, 6) is 0.720. The Balaban J connectivity index is 0.00000196. The lowest BCUT2D eigenvalue weighted by Crippen LogP contribution is -2.50. The average molecular weight is 253 g/mol. The van der Waals surface area contributed by atoms with Gasteiger partial charge in [-0.3, -0.25) is 4.79 Å². The molecule has 1 heterocycles. The minimum absolute atomic E-state index is 0. The standard InChI is InChI=1S/C10H20N2OS.ClH/c1-7-6-11-5-4-9(7)12-10(13)8(2)14-3;/h7-9,11H,4-6H2,1-3H3,(H,12,13);1H. The molecule has 2 N–H and O–H groups in total. The average Bonchev–Trinajstić information content (AvgIpc) is 2.20. The number of nitrogens with one attached hydrogen (secondary N) is 2. The van der Waals surface area contributed by atoms with Gasteiger partial charge in [0.1, 0.15) is 0 Å². The monoisotopic (exact) mass is 252 g/mol. The largest absolute Gasteiger partial charge is 0.352 e. The van der Waals surface area contributed by atoms with E-state index >= 15 is 0 Å². The summed E-state index contributed by atoms with van der Waals surface area (Å²) >= 11 is 1.60. The number of piperidine rings is 1. The fourth-order valence-electron chi connectivity index (χ4n) is 1.64. The first-order chi connectivity index (χ1) is 6.65. The predicted octanol–water partition coefficient (Wildman–Crippen LogP) is 1.27. The van der Waals surface area contributed by atoms with Crippen LogP contribution >= 0.6 is 24.2 Å². The number of halogens is 1. The van der Waals surface area contributed by atoms with Crippen molar-refractivity contribution in [1.82, 2.24) is 10.6 Å². The summed E-state index contributed by atoms with van der Waals surface area (Å²) < 4.78 is 0. The summed E-state index contributed by atoms with van der Waals surface area (Å²) in [4.78, 5) is 11.6. The highest BCUT2D eigenvalue weighted by Gasteiger charge is 2.24. The highest BCUT2D eigenvalue weighted by molar-refractivity contribution is 7.99. The Hall–Kier alpha value is 0.0700. The summed E-state index contributed by atoms with van der Waals surface area (Å²) in [7, 11) is 0. The van der Waals surface area contributed by atoms with Crippen LogP contribution in [0.1, 0.15) is 20.3 Å². The number of rotatable bonds is 3. The molecule has 1 saturated heterocycles. The predicted molar refractivity (Wildman–Crippen MR) is 68.8 cm³/mol. The molecular weight excluding hydrogens is 232 g/mol. The van der Waals surface area contributed by atoms with Crippen LogP contribution < -0.4 is 10.6 Å². The minimum Gasteiger partial charge on any atom is -0.352 e. The molecule has 15 heavy (non-hydrogen) atoms. The van der Waals surface area contributed by atoms with E-state index in [2.05, 4.69) is 17.6 Å². The van der Waals surface area contributed by atoms with E-state index in [0.717, 1.165) is 19.5 Å². The molecule has 5 heteroatoms. The molecule has 1 rings (SSSR count). The van der Waals surface area contributed by atoms with E-state index in [0.29, 0.717) is 12.0 Å². The van der Waals surface area contributed by atoms with Crippen LogP contribution in [-0.4, -0.2) is 36.5 Å². The lowest BCUT2D eigenvalue weighted by molar-refractivity contribution is -0.121. The molecule has 1 fully saturated rings. The van der Waals surface area contributed by atoms with Crippen LogP contribution in [0.2, 0.25) is 0 Å². The smallest absolute Gasteiger partial charge is 0.233 e. The van der Waals surface area contributed by atoms with E-state index < -0.39 is 0 Å². The van der Waals surface area contributed by atoms with Gasteiger partial charge in [-0.2, -0.15) is 11.8 Å². The van der Waals surface area contributed by atoms with Crippen LogP contribution in [0.25, 0.3) is 0 Å². The highest BCUT2D eigenvalue weighted by atomic mass is 35.5. The quantitative estimate of drug-likeness (QED) is 0.795. The Morgan fingerprint density at radius 1 is 1.60 bits per heavy atom. The van der Waals surface area contributed by atoms with Gasteiger partial charge in [-0.25, -0.2) is 0 Å². The molecule has 3 atom stereocenters. The van der Waals surface area contributed by atoms with Crippen LogP contribution in [0, 0.1) is 5.92 Å².